The van der Waals surface area contributed by atoms with Crippen LogP contribution in [0.25, 0.3) is 0 Å². The lowest BCUT2D eigenvalue weighted by atomic mass is 10.0. The molecule has 1 unspecified atom stereocenters. The number of rotatable bonds is 1. The van der Waals surface area contributed by atoms with E-state index >= 15 is 0 Å². The van der Waals surface area contributed by atoms with Crippen LogP contribution in [0.2, 0.25) is 10.0 Å². The van der Waals surface area contributed by atoms with Crippen molar-refractivity contribution in [3.8, 4) is 0 Å². The molecule has 0 fully saturated rings. The van der Waals surface area contributed by atoms with E-state index < -0.39 is 0 Å². The fourth-order valence-corrected chi connectivity index (χ4v) is 2.54. The molecule has 6 heteroatoms. The molecule has 82 valence electrons. The maximum absolute atomic E-state index is 6.02. The first kappa shape index (κ1) is 10.1. The zero-order valence-electron chi connectivity index (χ0n) is 8.24. The molecule has 1 aliphatic carbocycles. The summed E-state index contributed by atoms with van der Waals surface area (Å²) in [7, 11) is 0. The van der Waals surface area contributed by atoms with Crippen molar-refractivity contribution in [3.05, 3.63) is 39.1 Å². The average molecular weight is 255 g/mol. The van der Waals surface area contributed by atoms with Crippen LogP contribution in [0, 0.1) is 0 Å². The van der Waals surface area contributed by atoms with Crippen molar-refractivity contribution < 1.29 is 0 Å². The molecule has 1 N–H and O–H groups in total. The number of hydrogen-bond acceptors (Lipinski definition) is 3. The van der Waals surface area contributed by atoms with Gasteiger partial charge in [0.1, 0.15) is 0 Å². The second-order valence-electron chi connectivity index (χ2n) is 3.83. The van der Waals surface area contributed by atoms with Crippen LogP contribution in [-0.4, -0.2) is 20.6 Å². The molecule has 3 rings (SSSR count). The third-order valence-corrected chi connectivity index (χ3v) is 3.66. The van der Waals surface area contributed by atoms with Gasteiger partial charge in [-0.3, -0.25) is 0 Å². The van der Waals surface area contributed by atoms with Crippen molar-refractivity contribution in [2.75, 3.05) is 0 Å². The predicted octanol–water partition coefficient (Wildman–Crippen LogP) is 2.58. The Labute approximate surface area is 102 Å². The smallest absolute Gasteiger partial charge is 0.177 e. The average Bonchev–Trinajstić information content (AvgIpc) is 2.87. The first-order chi connectivity index (χ1) is 7.75. The molecule has 16 heavy (non-hydrogen) atoms. The quantitative estimate of drug-likeness (QED) is 0.852. The van der Waals surface area contributed by atoms with Crippen LogP contribution >= 0.6 is 23.2 Å². The fraction of sp³-hybridized carbons (Fsp3) is 0.300. The molecule has 0 saturated carbocycles. The number of aromatic nitrogens is 4. The van der Waals surface area contributed by atoms with Gasteiger partial charge in [0.15, 0.2) is 5.82 Å². The van der Waals surface area contributed by atoms with Crippen molar-refractivity contribution in [2.24, 2.45) is 0 Å². The third kappa shape index (κ3) is 1.49. The number of halogens is 2. The van der Waals surface area contributed by atoms with Gasteiger partial charge in [0.05, 0.1) is 10.0 Å². The van der Waals surface area contributed by atoms with Crippen molar-refractivity contribution in [2.45, 2.75) is 18.8 Å². The summed E-state index contributed by atoms with van der Waals surface area (Å²) in [6.07, 6.45) is 1.96. The Bertz CT molecular complexity index is 524. The Morgan fingerprint density at radius 2 is 2.06 bits per heavy atom. The minimum absolute atomic E-state index is 0.184. The van der Waals surface area contributed by atoms with Gasteiger partial charge in [0, 0.05) is 5.92 Å². The number of aromatic amines is 1. The molecule has 4 nitrogen and oxygen atoms in total. The van der Waals surface area contributed by atoms with Crippen LogP contribution in [0.1, 0.15) is 29.3 Å². The highest BCUT2D eigenvalue weighted by Gasteiger charge is 2.28. The number of hydrogen-bond donors (Lipinski definition) is 1. The monoisotopic (exact) mass is 254 g/mol. The van der Waals surface area contributed by atoms with Gasteiger partial charge in [0.25, 0.3) is 0 Å². The summed E-state index contributed by atoms with van der Waals surface area (Å²) in [4.78, 5) is 0. The van der Waals surface area contributed by atoms with Crippen LogP contribution in [0.5, 0.6) is 0 Å². The summed E-state index contributed by atoms with van der Waals surface area (Å²) < 4.78 is 0. The number of tetrazole rings is 1. The van der Waals surface area contributed by atoms with E-state index in [1.54, 1.807) is 0 Å². The highest BCUT2D eigenvalue weighted by molar-refractivity contribution is 6.42. The van der Waals surface area contributed by atoms with E-state index in [1.165, 1.54) is 5.56 Å². The summed E-state index contributed by atoms with van der Waals surface area (Å²) >= 11 is 12.0. The zero-order valence-corrected chi connectivity index (χ0v) is 9.76. The largest absolute Gasteiger partial charge is 0.182 e. The van der Waals surface area contributed by atoms with E-state index in [4.69, 9.17) is 23.2 Å². The van der Waals surface area contributed by atoms with E-state index in [0.29, 0.717) is 10.0 Å². The maximum Gasteiger partial charge on any atom is 0.182 e. The number of fused-ring (bicyclic) bond motifs is 1. The van der Waals surface area contributed by atoms with E-state index in [2.05, 4.69) is 20.6 Å². The van der Waals surface area contributed by atoms with E-state index in [1.807, 2.05) is 12.1 Å². The Kier molecular flexibility index (Phi) is 2.33. The third-order valence-electron chi connectivity index (χ3n) is 2.93. The van der Waals surface area contributed by atoms with Crippen LogP contribution in [-0.2, 0) is 6.42 Å². The molecular formula is C10H8Cl2N4. The Balaban J connectivity index is 2.09. The molecule has 0 bridgehead atoms. The van der Waals surface area contributed by atoms with Gasteiger partial charge in [-0.2, -0.15) is 5.21 Å². The lowest BCUT2D eigenvalue weighted by Crippen LogP contribution is -1.99. The topological polar surface area (TPSA) is 54.5 Å². The minimum atomic E-state index is 0.184. The molecule has 1 heterocycles. The molecule has 2 aromatic rings. The molecule has 1 atom stereocenters. The molecule has 0 aliphatic heterocycles. The highest BCUT2D eigenvalue weighted by Crippen LogP contribution is 2.40. The summed E-state index contributed by atoms with van der Waals surface area (Å²) in [6, 6.07) is 3.84. The van der Waals surface area contributed by atoms with E-state index in [-0.39, 0.29) is 5.92 Å². The molecular weight excluding hydrogens is 247 g/mol. The summed E-state index contributed by atoms with van der Waals surface area (Å²) in [6.45, 7) is 0. The number of aryl methyl sites for hydroxylation is 1. The molecule has 0 spiro atoms. The van der Waals surface area contributed by atoms with Crippen LogP contribution in [0.3, 0.4) is 0 Å². The van der Waals surface area contributed by atoms with Gasteiger partial charge in [-0.1, -0.05) is 28.4 Å². The fourth-order valence-electron chi connectivity index (χ4n) is 2.18. The first-order valence-electron chi connectivity index (χ1n) is 4.97. The van der Waals surface area contributed by atoms with Crippen LogP contribution in [0.15, 0.2) is 12.1 Å². The number of nitrogens with zero attached hydrogens (tertiary/aromatic N) is 3. The highest BCUT2D eigenvalue weighted by atomic mass is 35.5. The second-order valence-corrected chi connectivity index (χ2v) is 4.64. The molecule has 0 saturated heterocycles. The van der Waals surface area contributed by atoms with Crippen molar-refractivity contribution in [3.63, 3.8) is 0 Å². The van der Waals surface area contributed by atoms with Crippen LogP contribution < -0.4 is 0 Å². The Hall–Kier alpha value is -1.13. The lowest BCUT2D eigenvalue weighted by Gasteiger charge is -2.07. The van der Waals surface area contributed by atoms with Gasteiger partial charge >= 0.3 is 0 Å². The first-order valence-corrected chi connectivity index (χ1v) is 5.72. The van der Waals surface area contributed by atoms with Gasteiger partial charge in [-0.15, -0.1) is 10.2 Å². The number of nitrogens with one attached hydrogen (secondary N) is 1. The number of benzene rings is 1. The summed E-state index contributed by atoms with van der Waals surface area (Å²) in [5.41, 5.74) is 2.39. The van der Waals surface area contributed by atoms with Gasteiger partial charge in [0.2, 0.25) is 0 Å². The predicted molar refractivity (Wildman–Crippen MR) is 60.8 cm³/mol. The standard InChI is InChI=1S/C10H8Cl2N4/c11-8-3-5-1-2-6(7(5)4-9(8)12)10-13-15-16-14-10/h3-4,6H,1-2H2,(H,13,14,15,16). The second kappa shape index (κ2) is 3.71. The molecule has 1 aliphatic rings. The van der Waals surface area contributed by atoms with Crippen molar-refractivity contribution in [1.82, 2.24) is 20.6 Å². The lowest BCUT2D eigenvalue weighted by molar-refractivity contribution is 0.731. The van der Waals surface area contributed by atoms with Crippen molar-refractivity contribution in [1.29, 1.82) is 0 Å². The van der Waals surface area contributed by atoms with Crippen LogP contribution in [0.4, 0.5) is 0 Å². The van der Waals surface area contributed by atoms with Gasteiger partial charge in [-0.05, 0) is 36.1 Å². The maximum atomic E-state index is 6.02. The normalized spacial score (nSPS) is 18.8. The summed E-state index contributed by atoms with van der Waals surface area (Å²) in [5.74, 6) is 0.903. The van der Waals surface area contributed by atoms with Gasteiger partial charge in [-0.25, -0.2) is 0 Å². The number of H-pyrrole nitrogens is 1. The molecule has 1 aromatic heterocycles. The Morgan fingerprint density at radius 3 is 2.81 bits per heavy atom. The molecule has 0 amide bonds. The van der Waals surface area contributed by atoms with Gasteiger partial charge < -0.3 is 0 Å². The van der Waals surface area contributed by atoms with E-state index in [9.17, 15) is 0 Å². The SMILES string of the molecule is Clc1cc2c(cc1Cl)C(c1nn[nH]n1)CC2. The summed E-state index contributed by atoms with van der Waals surface area (Å²) in [5, 5.41) is 15.3. The molecule has 0 radical (unpaired) electrons. The zero-order chi connectivity index (χ0) is 11.1. The molecule has 1 aromatic carbocycles. The van der Waals surface area contributed by atoms with E-state index in [0.717, 1.165) is 24.2 Å². The minimum Gasteiger partial charge on any atom is -0.177 e. The Morgan fingerprint density at radius 1 is 1.25 bits per heavy atom. The van der Waals surface area contributed by atoms with Crippen molar-refractivity contribution >= 4 is 23.2 Å².